The van der Waals surface area contributed by atoms with E-state index < -0.39 is 0 Å². The number of aromatic nitrogens is 2. The van der Waals surface area contributed by atoms with Crippen molar-refractivity contribution in [2.45, 2.75) is 13.3 Å². The number of nitrogens with one attached hydrogen (secondary N) is 2. The molecule has 0 aliphatic rings. The molecule has 3 aromatic rings. The molecular weight excluding hydrogens is 376 g/mol. The first-order valence-electron chi connectivity index (χ1n) is 8.81. The van der Waals surface area contributed by atoms with Gasteiger partial charge in [0.15, 0.2) is 0 Å². The molecule has 28 heavy (non-hydrogen) atoms. The number of aryl methyl sites for hydroxylation is 1. The number of hydrogen-bond donors (Lipinski definition) is 2. The van der Waals surface area contributed by atoms with Crippen molar-refractivity contribution in [3.05, 3.63) is 76.6 Å². The first-order valence-corrected chi connectivity index (χ1v) is 9.19. The molecule has 1 aromatic heterocycles. The van der Waals surface area contributed by atoms with Crippen LogP contribution in [0.1, 0.15) is 21.5 Å². The summed E-state index contributed by atoms with van der Waals surface area (Å²) >= 11 is 5.96. The number of hydrogen-bond acceptors (Lipinski definition) is 5. The molecule has 0 atom stereocenters. The van der Waals surface area contributed by atoms with E-state index in [1.165, 1.54) is 12.4 Å². The molecule has 0 radical (unpaired) electrons. The van der Waals surface area contributed by atoms with E-state index in [0.29, 0.717) is 23.1 Å². The van der Waals surface area contributed by atoms with Gasteiger partial charge in [0.2, 0.25) is 5.95 Å². The lowest BCUT2D eigenvalue weighted by Gasteiger charge is -2.09. The first-order chi connectivity index (χ1) is 13.5. The van der Waals surface area contributed by atoms with Crippen LogP contribution in [-0.4, -0.2) is 29.5 Å². The summed E-state index contributed by atoms with van der Waals surface area (Å²) in [6.45, 7) is 2.47. The number of rotatable bonds is 7. The zero-order valence-electron chi connectivity index (χ0n) is 15.7. The van der Waals surface area contributed by atoms with Crippen molar-refractivity contribution in [1.29, 1.82) is 0 Å². The van der Waals surface area contributed by atoms with Gasteiger partial charge in [-0.05, 0) is 54.8 Å². The molecule has 0 saturated heterocycles. The van der Waals surface area contributed by atoms with E-state index in [0.717, 1.165) is 29.0 Å². The standard InChI is InChI=1S/C21H21ClN4O2/c1-14-11-17(22)5-8-19(14)26-21-24-12-16(13-25-21)20(27)23-10-9-15-3-6-18(28-2)7-4-15/h3-8,11-13H,9-10H2,1-2H3,(H,23,27)(H,24,25,26). The lowest BCUT2D eigenvalue weighted by Crippen LogP contribution is -2.26. The molecule has 2 N–H and O–H groups in total. The Morgan fingerprint density at radius 3 is 2.46 bits per heavy atom. The third-order valence-electron chi connectivity index (χ3n) is 4.21. The molecule has 7 heteroatoms. The molecule has 1 amide bonds. The summed E-state index contributed by atoms with van der Waals surface area (Å²) in [6, 6.07) is 13.3. The number of nitrogens with zero attached hydrogens (tertiary/aromatic N) is 2. The summed E-state index contributed by atoms with van der Waals surface area (Å²) < 4.78 is 5.13. The number of carbonyl (C=O) groups excluding carboxylic acids is 1. The van der Waals surface area contributed by atoms with Crippen LogP contribution in [0.15, 0.2) is 54.9 Å². The maximum Gasteiger partial charge on any atom is 0.254 e. The van der Waals surface area contributed by atoms with Crippen molar-refractivity contribution < 1.29 is 9.53 Å². The number of carbonyl (C=O) groups is 1. The summed E-state index contributed by atoms with van der Waals surface area (Å²) in [4.78, 5) is 20.7. The van der Waals surface area contributed by atoms with Crippen molar-refractivity contribution in [3.63, 3.8) is 0 Å². The van der Waals surface area contributed by atoms with Gasteiger partial charge in [0.05, 0.1) is 12.7 Å². The van der Waals surface area contributed by atoms with Crippen molar-refractivity contribution in [2.75, 3.05) is 19.0 Å². The highest BCUT2D eigenvalue weighted by molar-refractivity contribution is 6.30. The van der Waals surface area contributed by atoms with E-state index in [9.17, 15) is 4.79 Å². The minimum absolute atomic E-state index is 0.206. The largest absolute Gasteiger partial charge is 0.497 e. The van der Waals surface area contributed by atoms with Gasteiger partial charge < -0.3 is 15.4 Å². The maximum atomic E-state index is 12.3. The molecule has 0 fully saturated rings. The molecule has 0 saturated carbocycles. The lowest BCUT2D eigenvalue weighted by molar-refractivity contribution is 0.0953. The molecular formula is C21H21ClN4O2. The SMILES string of the molecule is COc1ccc(CCNC(=O)c2cnc(Nc3ccc(Cl)cc3C)nc2)cc1. The highest BCUT2D eigenvalue weighted by atomic mass is 35.5. The first kappa shape index (κ1) is 19.6. The van der Waals surface area contributed by atoms with Crippen molar-refractivity contribution in [1.82, 2.24) is 15.3 Å². The molecule has 3 rings (SSSR count). The normalized spacial score (nSPS) is 10.4. The Bertz CT molecular complexity index is 944. The molecule has 0 aliphatic heterocycles. The van der Waals surface area contributed by atoms with Gasteiger partial charge >= 0.3 is 0 Å². The van der Waals surface area contributed by atoms with Crippen molar-refractivity contribution >= 4 is 29.1 Å². The molecule has 0 bridgehead atoms. The van der Waals surface area contributed by atoms with Crippen molar-refractivity contribution in [2.24, 2.45) is 0 Å². The number of halogens is 1. The van der Waals surface area contributed by atoms with E-state index in [-0.39, 0.29) is 5.91 Å². The van der Waals surface area contributed by atoms with Crippen LogP contribution in [0.5, 0.6) is 5.75 Å². The van der Waals surface area contributed by atoms with Gasteiger partial charge in [-0.1, -0.05) is 23.7 Å². The van der Waals surface area contributed by atoms with Crippen LogP contribution in [0.2, 0.25) is 5.02 Å². The van der Waals surface area contributed by atoms with Crippen LogP contribution in [0.3, 0.4) is 0 Å². The number of anilines is 2. The third kappa shape index (κ3) is 5.20. The Labute approximate surface area is 168 Å². The quantitative estimate of drug-likeness (QED) is 0.627. The molecule has 0 spiro atoms. The fraction of sp³-hybridized carbons (Fsp3) is 0.190. The Morgan fingerprint density at radius 2 is 1.82 bits per heavy atom. The topological polar surface area (TPSA) is 76.1 Å². The summed E-state index contributed by atoms with van der Waals surface area (Å²) in [6.07, 6.45) is 3.73. The van der Waals surface area contributed by atoms with E-state index in [4.69, 9.17) is 16.3 Å². The van der Waals surface area contributed by atoms with Crippen LogP contribution >= 0.6 is 11.6 Å². The smallest absolute Gasteiger partial charge is 0.254 e. The van der Waals surface area contributed by atoms with Gasteiger partial charge in [-0.2, -0.15) is 0 Å². The van der Waals surface area contributed by atoms with Gasteiger partial charge in [0.25, 0.3) is 5.91 Å². The van der Waals surface area contributed by atoms with Crippen LogP contribution in [0.4, 0.5) is 11.6 Å². The van der Waals surface area contributed by atoms with Gasteiger partial charge in [-0.15, -0.1) is 0 Å². The molecule has 2 aromatic carbocycles. The Kier molecular flexibility index (Phi) is 6.45. The maximum absolute atomic E-state index is 12.3. The van der Waals surface area contributed by atoms with Gasteiger partial charge in [-0.3, -0.25) is 4.79 Å². The zero-order valence-corrected chi connectivity index (χ0v) is 16.5. The van der Waals surface area contributed by atoms with Crippen molar-refractivity contribution in [3.8, 4) is 5.75 Å². The molecule has 0 aliphatic carbocycles. The molecule has 144 valence electrons. The van der Waals surface area contributed by atoms with Crippen LogP contribution in [0.25, 0.3) is 0 Å². The third-order valence-corrected chi connectivity index (χ3v) is 4.44. The average Bonchev–Trinajstić information content (AvgIpc) is 2.71. The Morgan fingerprint density at radius 1 is 1.11 bits per heavy atom. The summed E-state index contributed by atoms with van der Waals surface area (Å²) in [7, 11) is 1.63. The molecule has 1 heterocycles. The Hall–Kier alpha value is -3.12. The van der Waals surface area contributed by atoms with Gasteiger partial charge in [0, 0.05) is 29.6 Å². The second kappa shape index (κ2) is 9.19. The lowest BCUT2D eigenvalue weighted by atomic mass is 10.1. The second-order valence-electron chi connectivity index (χ2n) is 6.23. The predicted octanol–water partition coefficient (Wildman–Crippen LogP) is 4.16. The molecule has 6 nitrogen and oxygen atoms in total. The second-order valence-corrected chi connectivity index (χ2v) is 6.67. The van der Waals surface area contributed by atoms with Gasteiger partial charge in [0.1, 0.15) is 5.75 Å². The highest BCUT2D eigenvalue weighted by Gasteiger charge is 2.08. The summed E-state index contributed by atoms with van der Waals surface area (Å²) in [5, 5.41) is 6.66. The van der Waals surface area contributed by atoms with E-state index in [1.54, 1.807) is 13.2 Å². The monoisotopic (exact) mass is 396 g/mol. The number of benzene rings is 2. The van der Waals surface area contributed by atoms with E-state index >= 15 is 0 Å². The van der Waals surface area contributed by atoms with Crippen LogP contribution < -0.4 is 15.4 Å². The molecule has 0 unspecified atom stereocenters. The van der Waals surface area contributed by atoms with E-state index in [1.807, 2.05) is 43.3 Å². The fourth-order valence-corrected chi connectivity index (χ4v) is 2.84. The van der Waals surface area contributed by atoms with E-state index in [2.05, 4.69) is 20.6 Å². The van der Waals surface area contributed by atoms with Crippen LogP contribution in [-0.2, 0) is 6.42 Å². The van der Waals surface area contributed by atoms with Crippen LogP contribution in [0, 0.1) is 6.92 Å². The fourth-order valence-electron chi connectivity index (χ4n) is 2.61. The number of amides is 1. The zero-order chi connectivity index (χ0) is 19.9. The predicted molar refractivity (Wildman–Crippen MR) is 111 cm³/mol. The van der Waals surface area contributed by atoms with Gasteiger partial charge in [-0.25, -0.2) is 9.97 Å². The average molecular weight is 397 g/mol. The highest BCUT2D eigenvalue weighted by Crippen LogP contribution is 2.21. The summed E-state index contributed by atoms with van der Waals surface area (Å²) in [5.41, 5.74) is 3.38. The number of ether oxygens (including phenoxy) is 1. The summed E-state index contributed by atoms with van der Waals surface area (Å²) in [5.74, 6) is 1.02. The minimum atomic E-state index is -0.206. The minimum Gasteiger partial charge on any atom is -0.497 e. The number of methoxy groups -OCH3 is 1. The Balaban J connectivity index is 1.52.